The van der Waals surface area contributed by atoms with Crippen molar-refractivity contribution in [3.63, 3.8) is 0 Å². The van der Waals surface area contributed by atoms with Crippen molar-refractivity contribution in [2.75, 3.05) is 47.5 Å². The Morgan fingerprint density at radius 3 is 2.05 bits per heavy atom. The number of carbonyl (C=O) groups is 3. The van der Waals surface area contributed by atoms with Gasteiger partial charge in [0.2, 0.25) is 0 Å². The third-order valence-electron chi connectivity index (χ3n) is 9.67. The Labute approximate surface area is 333 Å². The fourth-order valence-corrected chi connectivity index (χ4v) is 6.92. The molecule has 1 unspecified atom stereocenters. The number of phosphoric acid groups is 1. The summed E-state index contributed by atoms with van der Waals surface area (Å²) < 4.78 is 34.2. The molecule has 0 aliphatic heterocycles. The average Bonchev–Trinajstić information content (AvgIpc) is 3.48. The maximum atomic E-state index is 12.7. The summed E-state index contributed by atoms with van der Waals surface area (Å²) >= 11 is 0. The fraction of sp³-hybridized carbons (Fsp3) is 0.791. The summed E-state index contributed by atoms with van der Waals surface area (Å²) in [6.45, 7) is 4.08. The predicted octanol–water partition coefficient (Wildman–Crippen LogP) is 9.36. The Morgan fingerprint density at radius 1 is 0.818 bits per heavy atom. The predicted molar refractivity (Wildman–Crippen MR) is 219 cm³/mol. The van der Waals surface area contributed by atoms with E-state index in [9.17, 15) is 28.9 Å². The van der Waals surface area contributed by atoms with Crippen LogP contribution in [0.4, 0.5) is 0 Å². The minimum atomic E-state index is -4.42. The van der Waals surface area contributed by atoms with Crippen LogP contribution in [0, 0.1) is 11.8 Å². The number of hydrogen-bond acceptors (Lipinski definition) is 9. The highest BCUT2D eigenvalue weighted by Crippen LogP contribution is 2.43. The molecular formula is C43H77NO10P+. The first-order valence-corrected chi connectivity index (χ1v) is 22.8. The maximum absolute atomic E-state index is 12.7. The maximum Gasteiger partial charge on any atom is 0.472 e. The zero-order valence-corrected chi connectivity index (χ0v) is 35.9. The first kappa shape index (κ1) is 50.9. The molecule has 0 aromatic rings. The van der Waals surface area contributed by atoms with E-state index in [2.05, 4.69) is 13.8 Å². The summed E-state index contributed by atoms with van der Waals surface area (Å²) in [6, 6.07) is 0. The molecule has 0 bridgehead atoms. The fourth-order valence-electron chi connectivity index (χ4n) is 6.18. The molecule has 55 heavy (non-hydrogen) atoms. The van der Waals surface area contributed by atoms with Gasteiger partial charge in [0.15, 0.2) is 11.9 Å². The third kappa shape index (κ3) is 28.8. The molecule has 0 aromatic carbocycles. The molecule has 5 atom stereocenters. The Kier molecular flexibility index (Phi) is 28.6. The Balaban J connectivity index is 2.49. The van der Waals surface area contributed by atoms with Gasteiger partial charge in [-0.1, -0.05) is 134 Å². The van der Waals surface area contributed by atoms with Gasteiger partial charge in [-0.3, -0.25) is 23.4 Å². The number of allylic oxidation sites excluding steroid dienone is 5. The smallest absolute Gasteiger partial charge is 0.462 e. The highest BCUT2D eigenvalue weighted by Gasteiger charge is 2.28. The van der Waals surface area contributed by atoms with E-state index in [0.717, 1.165) is 38.5 Å². The molecule has 12 heteroatoms. The SMILES string of the molecule is CCCCCCCCCCCCCCC(=O)O[C@H](COC(=O)CCC/C=C\C[C@H]1C=CC(=O)[C@@H]1/C=C/[C@@H](O)CCCCC)COP(=O)(O)OCC[N+](C)(C)C. The van der Waals surface area contributed by atoms with Gasteiger partial charge in [-0.15, -0.1) is 0 Å². The minimum Gasteiger partial charge on any atom is -0.462 e. The lowest BCUT2D eigenvalue weighted by Crippen LogP contribution is -2.37. The second kappa shape index (κ2) is 30.9. The number of aliphatic hydroxyl groups is 1. The highest BCUT2D eigenvalue weighted by molar-refractivity contribution is 7.47. The summed E-state index contributed by atoms with van der Waals surface area (Å²) in [6.07, 6.45) is 29.6. The van der Waals surface area contributed by atoms with Crippen LogP contribution >= 0.6 is 7.82 Å². The van der Waals surface area contributed by atoms with Crippen LogP contribution in [-0.2, 0) is 37.5 Å². The van der Waals surface area contributed by atoms with Crippen LogP contribution in [0.1, 0.15) is 149 Å². The molecule has 2 N–H and O–H groups in total. The first-order valence-electron chi connectivity index (χ1n) is 21.3. The third-order valence-corrected chi connectivity index (χ3v) is 10.7. The van der Waals surface area contributed by atoms with Crippen molar-refractivity contribution < 1.29 is 52.0 Å². The number of phosphoric ester groups is 1. The number of likely N-dealkylation sites (N-methyl/N-ethyl adjacent to an activating group) is 1. The van der Waals surface area contributed by atoms with E-state index in [1.165, 1.54) is 51.4 Å². The molecule has 11 nitrogen and oxygen atoms in total. The van der Waals surface area contributed by atoms with E-state index in [1.54, 1.807) is 12.2 Å². The number of aliphatic hydroxyl groups excluding tert-OH is 1. The van der Waals surface area contributed by atoms with Gasteiger partial charge in [0, 0.05) is 18.8 Å². The number of rotatable bonds is 35. The van der Waals surface area contributed by atoms with Crippen molar-refractivity contribution in [1.82, 2.24) is 0 Å². The van der Waals surface area contributed by atoms with Crippen molar-refractivity contribution in [3.8, 4) is 0 Å². The quantitative estimate of drug-likeness (QED) is 0.0209. The van der Waals surface area contributed by atoms with Crippen LogP contribution in [0.15, 0.2) is 36.5 Å². The Hall–Kier alpha value is -2.14. The molecule has 0 saturated carbocycles. The van der Waals surface area contributed by atoms with E-state index < -0.39 is 38.6 Å². The molecule has 0 radical (unpaired) electrons. The van der Waals surface area contributed by atoms with Crippen LogP contribution in [0.5, 0.6) is 0 Å². The molecule has 0 saturated heterocycles. The number of esters is 2. The van der Waals surface area contributed by atoms with Gasteiger partial charge in [-0.2, -0.15) is 0 Å². The van der Waals surface area contributed by atoms with Crippen molar-refractivity contribution in [3.05, 3.63) is 36.5 Å². The summed E-state index contributed by atoms with van der Waals surface area (Å²) in [7, 11) is 1.37. The Morgan fingerprint density at radius 2 is 1.42 bits per heavy atom. The molecular weight excluding hydrogens is 721 g/mol. The van der Waals surface area contributed by atoms with Crippen molar-refractivity contribution in [1.29, 1.82) is 0 Å². The molecule has 0 aromatic heterocycles. The zero-order chi connectivity index (χ0) is 40.8. The molecule has 1 aliphatic rings. The van der Waals surface area contributed by atoms with Crippen LogP contribution < -0.4 is 0 Å². The molecule has 0 heterocycles. The normalized spacial score (nSPS) is 18.3. The molecule has 1 rings (SSSR count). The van der Waals surface area contributed by atoms with Crippen LogP contribution in [0.25, 0.3) is 0 Å². The van der Waals surface area contributed by atoms with Crippen LogP contribution in [0.3, 0.4) is 0 Å². The molecule has 1 aliphatic carbocycles. The standard InChI is InChI=1S/C43H76NO10P/c1-6-8-10-11-12-13-14-15-16-17-18-24-28-43(48)54-39(36-53-55(49,50)52-34-33-44(3,4)5)35-51-42(47)27-23-20-19-22-25-37-29-32-41(46)40(37)31-30-38(45)26-21-9-7-2/h19,22,29-32,37-40,45H,6-18,20-21,23-28,33-36H2,1-5H3/p+1/b22-19-,31-30+/t37-,38-,39+,40+/m0/s1. The minimum absolute atomic E-state index is 0.000557. The van der Waals surface area contributed by atoms with Gasteiger partial charge < -0.3 is 24.0 Å². The molecule has 318 valence electrons. The van der Waals surface area contributed by atoms with Gasteiger partial charge >= 0.3 is 19.8 Å². The summed E-state index contributed by atoms with van der Waals surface area (Å²) in [5, 5.41) is 10.2. The van der Waals surface area contributed by atoms with Gasteiger partial charge in [0.05, 0.1) is 33.9 Å². The van der Waals surface area contributed by atoms with E-state index in [0.29, 0.717) is 43.1 Å². The van der Waals surface area contributed by atoms with E-state index >= 15 is 0 Å². The number of ether oxygens (including phenoxy) is 2. The Bertz CT molecular complexity index is 1180. The molecule has 0 fully saturated rings. The van der Waals surface area contributed by atoms with Crippen LogP contribution in [-0.4, -0.2) is 91.9 Å². The van der Waals surface area contributed by atoms with E-state index in [4.69, 9.17) is 18.5 Å². The van der Waals surface area contributed by atoms with Gasteiger partial charge in [-0.05, 0) is 44.1 Å². The summed E-state index contributed by atoms with van der Waals surface area (Å²) in [5.74, 6) is -1.14. The van der Waals surface area contributed by atoms with Gasteiger partial charge in [0.25, 0.3) is 0 Å². The average molecular weight is 799 g/mol. The summed E-state index contributed by atoms with van der Waals surface area (Å²) in [5.41, 5.74) is 0. The number of ketones is 1. The lowest BCUT2D eigenvalue weighted by molar-refractivity contribution is -0.870. The highest BCUT2D eigenvalue weighted by atomic mass is 31.2. The molecule has 0 spiro atoms. The number of unbranched alkanes of at least 4 members (excludes halogenated alkanes) is 14. The lowest BCUT2D eigenvalue weighted by atomic mass is 9.90. The van der Waals surface area contributed by atoms with Crippen molar-refractivity contribution in [2.24, 2.45) is 11.8 Å². The topological polar surface area (TPSA) is 146 Å². The van der Waals surface area contributed by atoms with E-state index in [-0.39, 0.29) is 43.7 Å². The second-order valence-electron chi connectivity index (χ2n) is 16.0. The number of nitrogens with zero attached hydrogens (tertiary/aromatic N) is 1. The van der Waals surface area contributed by atoms with Gasteiger partial charge in [-0.25, -0.2) is 4.57 Å². The van der Waals surface area contributed by atoms with Crippen molar-refractivity contribution >= 4 is 25.5 Å². The second-order valence-corrected chi connectivity index (χ2v) is 17.5. The lowest BCUT2D eigenvalue weighted by Gasteiger charge is -2.24. The van der Waals surface area contributed by atoms with Crippen LogP contribution in [0.2, 0.25) is 0 Å². The number of hydrogen-bond donors (Lipinski definition) is 2. The number of quaternary nitrogens is 1. The summed E-state index contributed by atoms with van der Waals surface area (Å²) in [4.78, 5) is 47.8. The zero-order valence-electron chi connectivity index (χ0n) is 35.0. The first-order chi connectivity index (χ1) is 26.3. The van der Waals surface area contributed by atoms with E-state index in [1.807, 2.05) is 45.4 Å². The molecule has 0 amide bonds. The number of carbonyl (C=O) groups excluding carboxylic acids is 3. The monoisotopic (exact) mass is 799 g/mol. The van der Waals surface area contributed by atoms with Crippen molar-refractivity contribution in [2.45, 2.75) is 161 Å². The largest absolute Gasteiger partial charge is 0.472 e. The van der Waals surface area contributed by atoms with Gasteiger partial charge in [0.1, 0.15) is 19.8 Å².